The van der Waals surface area contributed by atoms with Crippen LogP contribution < -0.4 is 0 Å². The Morgan fingerprint density at radius 2 is 1.67 bits per heavy atom. The molecule has 0 unspecified atom stereocenters. The van der Waals surface area contributed by atoms with Crippen LogP contribution in [0.5, 0.6) is 0 Å². The predicted molar refractivity (Wildman–Crippen MR) is 86.2 cm³/mol. The molecule has 0 bridgehead atoms. The minimum atomic E-state index is 0.569. The number of benzene rings is 2. The summed E-state index contributed by atoms with van der Waals surface area (Å²) in [5, 5.41) is 2.60. The van der Waals surface area contributed by atoms with Gasteiger partial charge in [-0.1, -0.05) is 54.6 Å². The number of aromatic nitrogens is 1. The van der Waals surface area contributed by atoms with Gasteiger partial charge in [0.2, 0.25) is 0 Å². The summed E-state index contributed by atoms with van der Waals surface area (Å²) in [6.45, 7) is 3.26. The van der Waals surface area contributed by atoms with Crippen LogP contribution in [0.1, 0.15) is 17.2 Å². The van der Waals surface area contributed by atoms with Crippen molar-refractivity contribution in [3.63, 3.8) is 0 Å². The molecule has 2 heteroatoms. The van der Waals surface area contributed by atoms with E-state index in [1.54, 1.807) is 0 Å². The fourth-order valence-electron chi connectivity index (χ4n) is 3.18. The third kappa shape index (κ3) is 2.43. The van der Waals surface area contributed by atoms with E-state index in [-0.39, 0.29) is 0 Å². The molecular weight excluding hydrogens is 256 g/mol. The number of pyridine rings is 1. The highest BCUT2D eigenvalue weighted by Crippen LogP contribution is 2.31. The largest absolute Gasteiger partial charge is 0.298 e. The van der Waals surface area contributed by atoms with Crippen LogP contribution in [0.4, 0.5) is 0 Å². The molecule has 0 spiro atoms. The maximum Gasteiger partial charge on any atom is 0.0538 e. The highest BCUT2D eigenvalue weighted by molar-refractivity contribution is 5.84. The van der Waals surface area contributed by atoms with Crippen LogP contribution in [-0.4, -0.2) is 23.0 Å². The van der Waals surface area contributed by atoms with Crippen LogP contribution in [0.15, 0.2) is 66.9 Å². The number of hydrogen-bond donors (Lipinski definition) is 0. The molecule has 4 rings (SSSR count). The lowest BCUT2D eigenvalue weighted by molar-refractivity contribution is 0.138. The summed E-state index contributed by atoms with van der Waals surface area (Å²) in [4.78, 5) is 7.13. The Balaban J connectivity index is 1.50. The number of rotatable bonds is 3. The average Bonchev–Trinajstić information content (AvgIpc) is 2.51. The normalized spacial score (nSPS) is 16.0. The summed E-state index contributed by atoms with van der Waals surface area (Å²) in [6, 6.07) is 21.3. The first-order valence-electron chi connectivity index (χ1n) is 7.50. The molecule has 0 radical (unpaired) electrons. The molecule has 0 N–H and O–H groups in total. The number of hydrogen-bond acceptors (Lipinski definition) is 2. The van der Waals surface area contributed by atoms with Gasteiger partial charge in [-0.15, -0.1) is 0 Å². The number of likely N-dealkylation sites (tertiary alicyclic amines) is 1. The topological polar surface area (TPSA) is 16.1 Å². The molecule has 2 aromatic carbocycles. The molecule has 21 heavy (non-hydrogen) atoms. The predicted octanol–water partition coefficient (Wildman–Crippen LogP) is 3.83. The lowest BCUT2D eigenvalue weighted by Crippen LogP contribution is -2.44. The SMILES string of the molecule is c1ccc(CN2CC(c3nccc4ccccc34)C2)cc1. The fraction of sp³-hybridized carbons (Fsp3) is 0.211. The van der Waals surface area contributed by atoms with E-state index in [1.165, 1.54) is 22.0 Å². The zero-order valence-electron chi connectivity index (χ0n) is 11.9. The summed E-state index contributed by atoms with van der Waals surface area (Å²) in [5.41, 5.74) is 2.65. The molecule has 1 fully saturated rings. The van der Waals surface area contributed by atoms with Gasteiger partial charge in [0.15, 0.2) is 0 Å². The smallest absolute Gasteiger partial charge is 0.0538 e. The quantitative estimate of drug-likeness (QED) is 0.721. The third-order valence-corrected chi connectivity index (χ3v) is 4.30. The van der Waals surface area contributed by atoms with Crippen molar-refractivity contribution in [3.05, 3.63) is 78.1 Å². The molecule has 0 atom stereocenters. The molecule has 2 nitrogen and oxygen atoms in total. The van der Waals surface area contributed by atoms with Crippen molar-refractivity contribution in [2.75, 3.05) is 13.1 Å². The second-order valence-electron chi connectivity index (χ2n) is 5.79. The van der Waals surface area contributed by atoms with Crippen molar-refractivity contribution < 1.29 is 0 Å². The van der Waals surface area contributed by atoms with Gasteiger partial charge in [0.25, 0.3) is 0 Å². The molecular formula is C19H18N2. The average molecular weight is 274 g/mol. The molecule has 0 aliphatic carbocycles. The van der Waals surface area contributed by atoms with E-state index >= 15 is 0 Å². The first-order chi connectivity index (χ1) is 10.4. The summed E-state index contributed by atoms with van der Waals surface area (Å²) >= 11 is 0. The van der Waals surface area contributed by atoms with E-state index in [1.807, 2.05) is 6.20 Å². The van der Waals surface area contributed by atoms with Gasteiger partial charge >= 0.3 is 0 Å². The van der Waals surface area contributed by atoms with E-state index in [2.05, 4.69) is 70.5 Å². The van der Waals surface area contributed by atoms with E-state index < -0.39 is 0 Å². The van der Waals surface area contributed by atoms with Gasteiger partial charge in [-0.3, -0.25) is 9.88 Å². The van der Waals surface area contributed by atoms with Crippen molar-refractivity contribution in [2.45, 2.75) is 12.5 Å². The maximum absolute atomic E-state index is 4.64. The van der Waals surface area contributed by atoms with Gasteiger partial charge in [0.1, 0.15) is 0 Å². The molecule has 0 amide bonds. The molecule has 2 heterocycles. The standard InChI is InChI=1S/C19H18N2/c1-2-6-15(7-3-1)12-21-13-17(14-21)19-18-9-5-4-8-16(18)10-11-20-19/h1-11,17H,12-14H2. The van der Waals surface area contributed by atoms with Gasteiger partial charge in [0.05, 0.1) is 5.69 Å². The Morgan fingerprint density at radius 3 is 2.52 bits per heavy atom. The molecule has 1 aromatic heterocycles. The number of nitrogens with zero attached hydrogens (tertiary/aromatic N) is 2. The van der Waals surface area contributed by atoms with Crippen LogP contribution >= 0.6 is 0 Å². The van der Waals surface area contributed by atoms with Crippen LogP contribution in [0.2, 0.25) is 0 Å². The Morgan fingerprint density at radius 1 is 0.905 bits per heavy atom. The zero-order chi connectivity index (χ0) is 14.1. The van der Waals surface area contributed by atoms with Gasteiger partial charge in [0, 0.05) is 37.1 Å². The summed E-state index contributed by atoms with van der Waals surface area (Å²) < 4.78 is 0. The van der Waals surface area contributed by atoms with E-state index in [4.69, 9.17) is 0 Å². The van der Waals surface area contributed by atoms with Gasteiger partial charge in [-0.2, -0.15) is 0 Å². The van der Waals surface area contributed by atoms with E-state index in [0.29, 0.717) is 5.92 Å². The third-order valence-electron chi connectivity index (χ3n) is 4.30. The maximum atomic E-state index is 4.64. The van der Waals surface area contributed by atoms with Gasteiger partial charge in [-0.05, 0) is 17.0 Å². The zero-order valence-corrected chi connectivity index (χ0v) is 11.9. The molecule has 1 aliphatic heterocycles. The Kier molecular flexibility index (Phi) is 3.17. The van der Waals surface area contributed by atoms with Crippen molar-refractivity contribution in [1.29, 1.82) is 0 Å². The molecule has 3 aromatic rings. The van der Waals surface area contributed by atoms with Gasteiger partial charge < -0.3 is 0 Å². The van der Waals surface area contributed by atoms with Crippen molar-refractivity contribution >= 4 is 10.8 Å². The van der Waals surface area contributed by atoms with Gasteiger partial charge in [-0.25, -0.2) is 0 Å². The Hall–Kier alpha value is -2.19. The van der Waals surface area contributed by atoms with E-state index in [9.17, 15) is 0 Å². The lowest BCUT2D eigenvalue weighted by atomic mass is 9.92. The monoisotopic (exact) mass is 274 g/mol. The minimum Gasteiger partial charge on any atom is -0.298 e. The van der Waals surface area contributed by atoms with Crippen LogP contribution in [0.3, 0.4) is 0 Å². The summed E-state index contributed by atoms with van der Waals surface area (Å²) in [6.07, 6.45) is 1.94. The highest BCUT2D eigenvalue weighted by atomic mass is 15.2. The minimum absolute atomic E-state index is 0.569. The van der Waals surface area contributed by atoms with Crippen molar-refractivity contribution in [1.82, 2.24) is 9.88 Å². The number of fused-ring (bicyclic) bond motifs is 1. The summed E-state index contributed by atoms with van der Waals surface area (Å²) in [5.74, 6) is 0.569. The highest BCUT2D eigenvalue weighted by Gasteiger charge is 2.29. The van der Waals surface area contributed by atoms with Crippen molar-refractivity contribution in [3.8, 4) is 0 Å². The lowest BCUT2D eigenvalue weighted by Gasteiger charge is -2.39. The van der Waals surface area contributed by atoms with Crippen LogP contribution in [-0.2, 0) is 6.54 Å². The second-order valence-corrected chi connectivity index (χ2v) is 5.79. The van der Waals surface area contributed by atoms with Crippen LogP contribution in [0, 0.1) is 0 Å². The first-order valence-corrected chi connectivity index (χ1v) is 7.50. The molecule has 1 saturated heterocycles. The molecule has 0 saturated carbocycles. The Labute approximate surface area is 125 Å². The fourth-order valence-corrected chi connectivity index (χ4v) is 3.18. The summed E-state index contributed by atoms with van der Waals surface area (Å²) in [7, 11) is 0. The van der Waals surface area contributed by atoms with Crippen LogP contribution in [0.25, 0.3) is 10.8 Å². The molecule has 1 aliphatic rings. The second kappa shape index (κ2) is 5.30. The molecule has 104 valence electrons. The van der Waals surface area contributed by atoms with Crippen molar-refractivity contribution in [2.24, 2.45) is 0 Å². The Bertz CT molecular complexity index is 740. The van der Waals surface area contributed by atoms with E-state index in [0.717, 1.165) is 19.6 Å². The first kappa shape index (κ1) is 12.5.